The standard InChI is InChI=1S/C16H19N5O/c1-11(2)13-9-16(21-15(20-13)6-8-19-21)18-10-14(22)12-5-3-4-7-17-12/h3-9,11,14,18,22H,10H2,1-2H3/t14-/m1/s1. The molecule has 0 saturated heterocycles. The van der Waals surface area contributed by atoms with Crippen LogP contribution in [0.5, 0.6) is 0 Å². The lowest BCUT2D eigenvalue weighted by Crippen LogP contribution is -2.16. The Morgan fingerprint density at radius 2 is 2.05 bits per heavy atom. The molecule has 0 aliphatic heterocycles. The maximum atomic E-state index is 10.2. The molecule has 0 spiro atoms. The zero-order valence-corrected chi connectivity index (χ0v) is 12.6. The number of hydrogen-bond acceptors (Lipinski definition) is 5. The third-order valence-corrected chi connectivity index (χ3v) is 3.48. The lowest BCUT2D eigenvalue weighted by molar-refractivity contribution is 0.186. The van der Waals surface area contributed by atoms with Gasteiger partial charge in [0.2, 0.25) is 0 Å². The lowest BCUT2D eigenvalue weighted by Gasteiger charge is -2.15. The van der Waals surface area contributed by atoms with Gasteiger partial charge in [-0.3, -0.25) is 4.98 Å². The summed E-state index contributed by atoms with van der Waals surface area (Å²) in [6.45, 7) is 4.55. The van der Waals surface area contributed by atoms with Crippen molar-refractivity contribution < 1.29 is 5.11 Å². The van der Waals surface area contributed by atoms with E-state index in [9.17, 15) is 5.11 Å². The lowest BCUT2D eigenvalue weighted by atomic mass is 10.1. The van der Waals surface area contributed by atoms with Gasteiger partial charge in [0.05, 0.1) is 11.9 Å². The van der Waals surface area contributed by atoms with Gasteiger partial charge in [-0.25, -0.2) is 4.98 Å². The van der Waals surface area contributed by atoms with Crippen LogP contribution in [0.4, 0.5) is 5.82 Å². The van der Waals surface area contributed by atoms with Crippen LogP contribution in [0.1, 0.15) is 37.3 Å². The molecule has 2 N–H and O–H groups in total. The van der Waals surface area contributed by atoms with Gasteiger partial charge in [0.1, 0.15) is 11.9 Å². The maximum Gasteiger partial charge on any atom is 0.157 e. The minimum absolute atomic E-state index is 0.321. The number of nitrogens with zero attached hydrogens (tertiary/aromatic N) is 4. The van der Waals surface area contributed by atoms with Crippen LogP contribution in [0.3, 0.4) is 0 Å². The summed E-state index contributed by atoms with van der Waals surface area (Å²) in [7, 11) is 0. The summed E-state index contributed by atoms with van der Waals surface area (Å²) in [6.07, 6.45) is 2.71. The van der Waals surface area contributed by atoms with Crippen molar-refractivity contribution in [1.82, 2.24) is 19.6 Å². The average molecular weight is 297 g/mol. The van der Waals surface area contributed by atoms with Gasteiger partial charge in [0, 0.05) is 30.6 Å². The summed E-state index contributed by atoms with van der Waals surface area (Å²) in [5.41, 5.74) is 2.42. The van der Waals surface area contributed by atoms with Gasteiger partial charge in [-0.1, -0.05) is 19.9 Å². The summed E-state index contributed by atoms with van der Waals surface area (Å²) < 4.78 is 1.73. The van der Waals surface area contributed by atoms with Gasteiger partial charge >= 0.3 is 0 Å². The highest BCUT2D eigenvalue weighted by Gasteiger charge is 2.12. The predicted octanol–water partition coefficient (Wildman–Crippen LogP) is 2.39. The molecule has 0 fully saturated rings. The number of rotatable bonds is 5. The molecule has 1 atom stereocenters. The van der Waals surface area contributed by atoms with Crippen molar-refractivity contribution in [3.8, 4) is 0 Å². The normalized spacial score (nSPS) is 12.7. The molecule has 3 aromatic rings. The van der Waals surface area contributed by atoms with Crippen molar-refractivity contribution in [3.05, 3.63) is 54.1 Å². The highest BCUT2D eigenvalue weighted by Crippen LogP contribution is 2.19. The molecule has 3 heterocycles. The first-order valence-corrected chi connectivity index (χ1v) is 7.32. The summed E-state index contributed by atoms with van der Waals surface area (Å²) in [4.78, 5) is 8.73. The first-order chi connectivity index (χ1) is 10.6. The number of nitrogens with one attached hydrogen (secondary N) is 1. The molecule has 0 radical (unpaired) electrons. The summed E-state index contributed by atoms with van der Waals surface area (Å²) in [6, 6.07) is 9.33. The van der Waals surface area contributed by atoms with Gasteiger partial charge < -0.3 is 10.4 Å². The minimum Gasteiger partial charge on any atom is -0.385 e. The maximum absolute atomic E-state index is 10.2. The number of aliphatic hydroxyl groups excluding tert-OH is 1. The van der Waals surface area contributed by atoms with E-state index < -0.39 is 6.10 Å². The highest BCUT2D eigenvalue weighted by molar-refractivity contribution is 5.49. The second-order valence-electron chi connectivity index (χ2n) is 5.47. The Balaban J connectivity index is 1.82. The van der Waals surface area contributed by atoms with Crippen molar-refractivity contribution in [2.75, 3.05) is 11.9 Å². The van der Waals surface area contributed by atoms with Crippen molar-refractivity contribution in [2.24, 2.45) is 0 Å². The first kappa shape index (κ1) is 14.5. The SMILES string of the molecule is CC(C)c1cc(NC[C@@H](O)c2ccccn2)n2nccc2n1. The zero-order chi connectivity index (χ0) is 15.5. The summed E-state index contributed by atoms with van der Waals surface area (Å²) in [5, 5.41) is 17.7. The van der Waals surface area contributed by atoms with E-state index in [-0.39, 0.29) is 0 Å². The Morgan fingerprint density at radius 3 is 2.77 bits per heavy atom. The number of fused-ring (bicyclic) bond motifs is 1. The number of aromatic nitrogens is 4. The molecule has 0 bridgehead atoms. The van der Waals surface area contributed by atoms with E-state index in [1.807, 2.05) is 30.3 Å². The smallest absolute Gasteiger partial charge is 0.157 e. The number of hydrogen-bond donors (Lipinski definition) is 2. The Hall–Kier alpha value is -2.47. The second kappa shape index (κ2) is 6.11. The van der Waals surface area contributed by atoms with Crippen LogP contribution in [0.25, 0.3) is 5.65 Å². The van der Waals surface area contributed by atoms with Gasteiger partial charge in [0.15, 0.2) is 5.65 Å². The molecule has 3 rings (SSSR count). The molecular weight excluding hydrogens is 278 g/mol. The molecule has 6 heteroatoms. The van der Waals surface area contributed by atoms with Gasteiger partial charge in [0.25, 0.3) is 0 Å². The van der Waals surface area contributed by atoms with Crippen molar-refractivity contribution in [3.63, 3.8) is 0 Å². The van der Waals surface area contributed by atoms with Crippen LogP contribution in [-0.4, -0.2) is 31.2 Å². The monoisotopic (exact) mass is 297 g/mol. The molecule has 3 aromatic heterocycles. The topological polar surface area (TPSA) is 75.3 Å². The number of pyridine rings is 1. The number of aliphatic hydroxyl groups is 1. The molecule has 22 heavy (non-hydrogen) atoms. The molecular formula is C16H19N5O. The molecule has 0 unspecified atom stereocenters. The van der Waals surface area contributed by atoms with Crippen LogP contribution in [0.2, 0.25) is 0 Å². The van der Waals surface area contributed by atoms with E-state index in [1.54, 1.807) is 16.9 Å². The van der Waals surface area contributed by atoms with E-state index in [2.05, 4.69) is 34.2 Å². The fourth-order valence-electron chi connectivity index (χ4n) is 2.23. The summed E-state index contributed by atoms with van der Waals surface area (Å²) >= 11 is 0. The van der Waals surface area contributed by atoms with Crippen molar-refractivity contribution >= 4 is 11.5 Å². The van der Waals surface area contributed by atoms with Crippen LogP contribution in [0.15, 0.2) is 42.7 Å². The van der Waals surface area contributed by atoms with Gasteiger partial charge in [-0.05, 0) is 18.1 Å². The third-order valence-electron chi connectivity index (χ3n) is 3.48. The van der Waals surface area contributed by atoms with Crippen LogP contribution >= 0.6 is 0 Å². The molecule has 6 nitrogen and oxygen atoms in total. The Bertz CT molecular complexity index is 754. The first-order valence-electron chi connectivity index (χ1n) is 7.32. The quantitative estimate of drug-likeness (QED) is 0.756. The largest absolute Gasteiger partial charge is 0.385 e. The predicted molar refractivity (Wildman–Crippen MR) is 84.8 cm³/mol. The van der Waals surface area contributed by atoms with Crippen LogP contribution < -0.4 is 5.32 Å². The molecule has 0 amide bonds. The van der Waals surface area contributed by atoms with E-state index in [0.717, 1.165) is 17.2 Å². The van der Waals surface area contributed by atoms with E-state index in [0.29, 0.717) is 18.2 Å². The Morgan fingerprint density at radius 1 is 1.18 bits per heavy atom. The van der Waals surface area contributed by atoms with Crippen LogP contribution in [-0.2, 0) is 0 Å². The van der Waals surface area contributed by atoms with Crippen molar-refractivity contribution in [2.45, 2.75) is 25.9 Å². The third kappa shape index (κ3) is 2.92. The minimum atomic E-state index is -0.678. The zero-order valence-electron chi connectivity index (χ0n) is 12.6. The molecule has 0 aliphatic carbocycles. The number of anilines is 1. The summed E-state index contributed by atoms with van der Waals surface area (Å²) in [5.74, 6) is 1.13. The molecule has 0 aromatic carbocycles. The fourth-order valence-corrected chi connectivity index (χ4v) is 2.23. The highest BCUT2D eigenvalue weighted by atomic mass is 16.3. The Kier molecular flexibility index (Phi) is 4.02. The fraction of sp³-hybridized carbons (Fsp3) is 0.312. The van der Waals surface area contributed by atoms with E-state index in [4.69, 9.17) is 0 Å². The van der Waals surface area contributed by atoms with E-state index in [1.165, 1.54) is 0 Å². The molecule has 114 valence electrons. The van der Waals surface area contributed by atoms with E-state index >= 15 is 0 Å². The second-order valence-corrected chi connectivity index (χ2v) is 5.47. The van der Waals surface area contributed by atoms with Gasteiger partial charge in [-0.2, -0.15) is 9.61 Å². The molecule has 0 saturated carbocycles. The van der Waals surface area contributed by atoms with Crippen LogP contribution in [0, 0.1) is 0 Å². The average Bonchev–Trinajstić information content (AvgIpc) is 3.01. The Labute approximate surface area is 128 Å². The van der Waals surface area contributed by atoms with Crippen molar-refractivity contribution in [1.29, 1.82) is 0 Å². The van der Waals surface area contributed by atoms with Gasteiger partial charge in [-0.15, -0.1) is 0 Å². The molecule has 0 aliphatic rings.